The highest BCUT2D eigenvalue weighted by Crippen LogP contribution is 2.36. The maximum absolute atomic E-state index is 13.4. The summed E-state index contributed by atoms with van der Waals surface area (Å²) in [6.45, 7) is 6.91. The highest BCUT2D eigenvalue weighted by molar-refractivity contribution is 5.94. The van der Waals surface area contributed by atoms with Crippen molar-refractivity contribution in [3.05, 3.63) is 58.8 Å². The second kappa shape index (κ2) is 9.17. The first kappa shape index (κ1) is 23.3. The van der Waals surface area contributed by atoms with E-state index in [1.165, 1.54) is 19.4 Å². The molecule has 5 nitrogen and oxygen atoms in total. The molecule has 0 amide bonds. The number of halogens is 3. The number of rotatable bonds is 6. The van der Waals surface area contributed by atoms with Crippen molar-refractivity contribution in [2.24, 2.45) is 0 Å². The van der Waals surface area contributed by atoms with Crippen LogP contribution in [0.3, 0.4) is 0 Å². The van der Waals surface area contributed by atoms with E-state index < -0.39 is 17.8 Å². The summed E-state index contributed by atoms with van der Waals surface area (Å²) in [4.78, 5) is 2.31. The molecule has 2 aromatic carbocycles. The fourth-order valence-electron chi connectivity index (χ4n) is 4.56. The molecule has 2 heterocycles. The van der Waals surface area contributed by atoms with E-state index in [0.717, 1.165) is 41.2 Å². The number of likely N-dealkylation sites (N-methyl/N-ethyl adjacent to an activating group) is 1. The lowest BCUT2D eigenvalue weighted by atomic mass is 9.97. The summed E-state index contributed by atoms with van der Waals surface area (Å²) < 4.78 is 46.2. The van der Waals surface area contributed by atoms with Crippen molar-refractivity contribution in [2.45, 2.75) is 51.9 Å². The van der Waals surface area contributed by atoms with Crippen LogP contribution in [0.1, 0.15) is 48.2 Å². The number of likely N-dealkylation sites (tertiary alicyclic amines) is 1. The van der Waals surface area contributed by atoms with Gasteiger partial charge in [-0.15, -0.1) is 5.10 Å². The maximum Gasteiger partial charge on any atom is 0.416 e. The highest BCUT2D eigenvalue weighted by Gasteiger charge is 2.33. The summed E-state index contributed by atoms with van der Waals surface area (Å²) in [6, 6.07) is 10.1. The summed E-state index contributed by atoms with van der Waals surface area (Å²) in [5.74, 6) is 1.25. The van der Waals surface area contributed by atoms with Crippen molar-refractivity contribution in [2.75, 3.05) is 25.5 Å². The molecule has 1 N–H and O–H groups in total. The Morgan fingerprint density at radius 3 is 2.64 bits per heavy atom. The van der Waals surface area contributed by atoms with E-state index >= 15 is 0 Å². The molecule has 1 saturated heterocycles. The second-order valence-corrected chi connectivity index (χ2v) is 8.81. The molecule has 1 aliphatic heterocycles. The first-order chi connectivity index (χ1) is 15.6. The number of nitrogens with one attached hydrogen (secondary N) is 1. The number of fused-ring (bicyclic) bond motifs is 1. The van der Waals surface area contributed by atoms with Crippen LogP contribution in [0.5, 0.6) is 5.75 Å². The van der Waals surface area contributed by atoms with E-state index in [1.54, 1.807) is 6.07 Å². The van der Waals surface area contributed by atoms with Crippen molar-refractivity contribution in [3.8, 4) is 5.75 Å². The van der Waals surface area contributed by atoms with Gasteiger partial charge in [0.2, 0.25) is 0 Å². The Morgan fingerprint density at radius 1 is 1.15 bits per heavy atom. The van der Waals surface area contributed by atoms with E-state index in [-0.39, 0.29) is 5.56 Å². The third kappa shape index (κ3) is 4.90. The molecule has 0 aliphatic carbocycles. The van der Waals surface area contributed by atoms with E-state index in [2.05, 4.69) is 27.5 Å². The molecule has 0 radical (unpaired) electrons. The third-order valence-electron chi connectivity index (χ3n) is 6.55. The van der Waals surface area contributed by atoms with Crippen molar-refractivity contribution < 1.29 is 17.9 Å². The lowest BCUT2D eigenvalue weighted by molar-refractivity contribution is -0.138. The molecule has 1 fully saturated rings. The molecule has 176 valence electrons. The summed E-state index contributed by atoms with van der Waals surface area (Å²) in [6.07, 6.45) is -2.09. The first-order valence-electron chi connectivity index (χ1n) is 11.2. The van der Waals surface area contributed by atoms with E-state index in [4.69, 9.17) is 4.74 Å². The van der Waals surface area contributed by atoms with Gasteiger partial charge in [-0.05, 0) is 82.6 Å². The molecule has 1 aromatic heterocycles. The van der Waals surface area contributed by atoms with E-state index in [0.29, 0.717) is 24.0 Å². The molecule has 1 aliphatic rings. The number of hydrogen-bond acceptors (Lipinski definition) is 5. The molecule has 4 rings (SSSR count). The SMILES string of the molecule is Cc1c([C@@H](C)Nc2nnc(C)c3ccc(OC[C@@H]4CCCN4C)cc23)cccc1C(F)(F)F. The van der Waals surface area contributed by atoms with Crippen LogP contribution >= 0.6 is 0 Å². The largest absolute Gasteiger partial charge is 0.492 e. The smallest absolute Gasteiger partial charge is 0.416 e. The zero-order valence-electron chi connectivity index (χ0n) is 19.3. The summed E-state index contributed by atoms with van der Waals surface area (Å²) >= 11 is 0. The van der Waals surface area contributed by atoms with E-state index in [1.807, 2.05) is 32.0 Å². The van der Waals surface area contributed by atoms with Crippen LogP contribution < -0.4 is 10.1 Å². The van der Waals surface area contributed by atoms with Crippen molar-refractivity contribution in [1.29, 1.82) is 0 Å². The van der Waals surface area contributed by atoms with Gasteiger partial charge in [0.15, 0.2) is 5.82 Å². The van der Waals surface area contributed by atoms with Gasteiger partial charge < -0.3 is 15.0 Å². The molecule has 0 spiro atoms. The molecule has 2 atom stereocenters. The number of benzene rings is 2. The second-order valence-electron chi connectivity index (χ2n) is 8.81. The van der Waals surface area contributed by atoms with Gasteiger partial charge in [-0.1, -0.05) is 12.1 Å². The number of aromatic nitrogens is 2. The van der Waals surface area contributed by atoms with E-state index in [9.17, 15) is 13.2 Å². The number of hydrogen-bond donors (Lipinski definition) is 1. The minimum Gasteiger partial charge on any atom is -0.492 e. The fourth-order valence-corrected chi connectivity index (χ4v) is 4.56. The Kier molecular flexibility index (Phi) is 6.47. The summed E-state index contributed by atoms with van der Waals surface area (Å²) in [5.41, 5.74) is 0.928. The quantitative estimate of drug-likeness (QED) is 0.498. The minimum absolute atomic E-state index is 0.207. The Morgan fingerprint density at radius 2 is 1.94 bits per heavy atom. The van der Waals surface area contributed by atoms with Gasteiger partial charge in [-0.3, -0.25) is 0 Å². The lowest BCUT2D eigenvalue weighted by Gasteiger charge is -2.21. The van der Waals surface area contributed by atoms with Gasteiger partial charge in [-0.2, -0.15) is 18.3 Å². The topological polar surface area (TPSA) is 50.3 Å². The van der Waals surface area contributed by atoms with Crippen LogP contribution in [0.15, 0.2) is 36.4 Å². The van der Waals surface area contributed by atoms with Crippen LogP contribution in [0, 0.1) is 13.8 Å². The van der Waals surface area contributed by atoms with Crippen LogP contribution in [0.2, 0.25) is 0 Å². The number of anilines is 1. The third-order valence-corrected chi connectivity index (χ3v) is 6.55. The average molecular weight is 459 g/mol. The predicted molar refractivity (Wildman–Crippen MR) is 124 cm³/mol. The normalized spacial score (nSPS) is 18.0. The molecular weight excluding hydrogens is 429 g/mol. The molecule has 0 bridgehead atoms. The van der Waals surface area contributed by atoms with Crippen LogP contribution in [0.4, 0.5) is 19.0 Å². The van der Waals surface area contributed by atoms with Crippen LogP contribution in [-0.2, 0) is 6.18 Å². The molecule has 33 heavy (non-hydrogen) atoms. The molecule has 3 aromatic rings. The Labute approximate surface area is 192 Å². The average Bonchev–Trinajstić information content (AvgIpc) is 3.18. The zero-order valence-corrected chi connectivity index (χ0v) is 19.3. The number of aryl methyl sites for hydroxylation is 1. The molecule has 8 heteroatoms. The van der Waals surface area contributed by atoms with Crippen molar-refractivity contribution in [1.82, 2.24) is 15.1 Å². The summed E-state index contributed by atoms with van der Waals surface area (Å²) in [5, 5.41) is 13.6. The van der Waals surface area contributed by atoms with Gasteiger partial charge >= 0.3 is 6.18 Å². The fraction of sp³-hybridized carbons (Fsp3) is 0.440. The standard InChI is InChI=1S/C25H29F3N4O/c1-15-20(8-5-9-23(15)25(26,27)28)16(2)29-24-22-13-19(10-11-21(22)17(3)30-31-24)33-14-18-7-6-12-32(18)4/h5,8-11,13,16,18H,6-7,12,14H2,1-4H3,(H,29,31)/t16-,18+/m1/s1. The monoisotopic (exact) mass is 458 g/mol. The van der Waals surface area contributed by atoms with Gasteiger partial charge in [0, 0.05) is 16.8 Å². The Balaban J connectivity index is 1.61. The Hall–Kier alpha value is -2.87. The van der Waals surface area contributed by atoms with Crippen LogP contribution in [0.25, 0.3) is 10.8 Å². The number of ether oxygens (including phenoxy) is 1. The van der Waals surface area contributed by atoms with Crippen molar-refractivity contribution in [3.63, 3.8) is 0 Å². The maximum atomic E-state index is 13.4. The van der Waals surface area contributed by atoms with Gasteiger partial charge in [0.05, 0.1) is 17.3 Å². The zero-order chi connectivity index (χ0) is 23.8. The number of alkyl halides is 3. The van der Waals surface area contributed by atoms with Gasteiger partial charge in [0.25, 0.3) is 0 Å². The summed E-state index contributed by atoms with van der Waals surface area (Å²) in [7, 11) is 2.11. The number of nitrogens with zero attached hydrogens (tertiary/aromatic N) is 3. The van der Waals surface area contributed by atoms with Gasteiger partial charge in [-0.25, -0.2) is 0 Å². The first-order valence-corrected chi connectivity index (χ1v) is 11.2. The lowest BCUT2D eigenvalue weighted by Crippen LogP contribution is -2.30. The molecule has 0 saturated carbocycles. The van der Waals surface area contributed by atoms with Crippen molar-refractivity contribution >= 4 is 16.6 Å². The predicted octanol–water partition coefficient (Wildman–Crippen LogP) is 5.91. The van der Waals surface area contributed by atoms with Crippen LogP contribution in [-0.4, -0.2) is 41.3 Å². The molecule has 0 unspecified atom stereocenters. The Bertz CT molecular complexity index is 1150. The van der Waals surface area contributed by atoms with Gasteiger partial charge in [0.1, 0.15) is 12.4 Å². The molecular formula is C25H29F3N4O. The highest BCUT2D eigenvalue weighted by atomic mass is 19.4. The minimum atomic E-state index is -4.39.